The van der Waals surface area contributed by atoms with Crippen LogP contribution in [0.25, 0.3) is 0 Å². The van der Waals surface area contributed by atoms with Crippen molar-refractivity contribution in [3.8, 4) is 0 Å². The normalized spacial score (nSPS) is 25.8. The van der Waals surface area contributed by atoms with E-state index < -0.39 is 0 Å². The van der Waals surface area contributed by atoms with Crippen molar-refractivity contribution in [1.29, 1.82) is 0 Å². The van der Waals surface area contributed by atoms with Crippen LogP contribution >= 0.6 is 0 Å². The lowest BCUT2D eigenvalue weighted by atomic mass is 9.84. The first-order valence-electron chi connectivity index (χ1n) is 8.61. The van der Waals surface area contributed by atoms with Crippen molar-refractivity contribution in [3.63, 3.8) is 0 Å². The van der Waals surface area contributed by atoms with Gasteiger partial charge in [0.2, 0.25) is 0 Å². The van der Waals surface area contributed by atoms with Crippen LogP contribution in [0.1, 0.15) is 57.6 Å². The molecule has 0 aliphatic heterocycles. The lowest BCUT2D eigenvalue weighted by molar-refractivity contribution is 0.0939. The van der Waals surface area contributed by atoms with E-state index >= 15 is 0 Å². The fourth-order valence-electron chi connectivity index (χ4n) is 4.04. The van der Waals surface area contributed by atoms with Gasteiger partial charge in [-0.05, 0) is 44.8 Å². The van der Waals surface area contributed by atoms with Gasteiger partial charge in [-0.25, -0.2) is 0 Å². The van der Waals surface area contributed by atoms with Crippen molar-refractivity contribution in [3.05, 3.63) is 35.9 Å². The molecule has 0 spiro atoms. The standard InChI is InChI=1S/C19H32N2/c1-5-18(19(20-3)16-11-7-6-8-12-16)21(4)17-13-9-10-15(2)14-17/h6-8,11-12,15,17-20H,5,9-10,13-14H2,1-4H3. The van der Waals surface area contributed by atoms with E-state index in [4.69, 9.17) is 0 Å². The van der Waals surface area contributed by atoms with Crippen LogP contribution in [0.15, 0.2) is 30.3 Å². The minimum atomic E-state index is 0.415. The Kier molecular flexibility index (Phi) is 6.25. The van der Waals surface area contributed by atoms with Crippen molar-refractivity contribution in [1.82, 2.24) is 10.2 Å². The van der Waals surface area contributed by atoms with Crippen molar-refractivity contribution in [2.24, 2.45) is 5.92 Å². The number of likely N-dealkylation sites (N-methyl/N-ethyl adjacent to an activating group) is 2. The third-order valence-electron chi connectivity index (χ3n) is 5.28. The van der Waals surface area contributed by atoms with Gasteiger partial charge in [0.05, 0.1) is 0 Å². The van der Waals surface area contributed by atoms with E-state index in [0.717, 1.165) is 12.0 Å². The van der Waals surface area contributed by atoms with E-state index in [2.05, 4.69) is 68.5 Å². The molecular formula is C19H32N2. The molecule has 118 valence electrons. The van der Waals surface area contributed by atoms with Gasteiger partial charge in [0.1, 0.15) is 0 Å². The number of nitrogens with one attached hydrogen (secondary N) is 1. The summed E-state index contributed by atoms with van der Waals surface area (Å²) in [6.07, 6.45) is 6.71. The molecule has 1 N–H and O–H groups in total. The molecule has 0 radical (unpaired) electrons. The summed E-state index contributed by atoms with van der Waals surface area (Å²) in [5, 5.41) is 3.56. The van der Waals surface area contributed by atoms with Gasteiger partial charge in [-0.15, -0.1) is 0 Å². The summed E-state index contributed by atoms with van der Waals surface area (Å²) in [6, 6.07) is 12.6. The van der Waals surface area contributed by atoms with E-state index in [1.54, 1.807) is 0 Å². The first-order chi connectivity index (χ1) is 10.2. The third kappa shape index (κ3) is 4.08. The number of hydrogen-bond acceptors (Lipinski definition) is 2. The topological polar surface area (TPSA) is 15.3 Å². The van der Waals surface area contributed by atoms with Gasteiger partial charge < -0.3 is 5.32 Å². The number of nitrogens with zero attached hydrogens (tertiary/aromatic N) is 1. The molecule has 0 aromatic heterocycles. The maximum Gasteiger partial charge on any atom is 0.0475 e. The average Bonchev–Trinajstić information content (AvgIpc) is 2.52. The predicted octanol–water partition coefficient (Wildman–Crippen LogP) is 4.24. The van der Waals surface area contributed by atoms with E-state index in [9.17, 15) is 0 Å². The number of rotatable bonds is 6. The van der Waals surface area contributed by atoms with Crippen LogP contribution in [-0.2, 0) is 0 Å². The van der Waals surface area contributed by atoms with Crippen molar-refractivity contribution in [2.75, 3.05) is 14.1 Å². The number of benzene rings is 1. The van der Waals surface area contributed by atoms with Crippen LogP contribution in [0.4, 0.5) is 0 Å². The fraction of sp³-hybridized carbons (Fsp3) is 0.684. The van der Waals surface area contributed by atoms with Gasteiger partial charge in [0.15, 0.2) is 0 Å². The Balaban J connectivity index is 2.12. The van der Waals surface area contributed by atoms with Crippen LogP contribution in [0, 0.1) is 5.92 Å². The zero-order chi connectivity index (χ0) is 15.2. The molecule has 2 heteroatoms. The largest absolute Gasteiger partial charge is 0.312 e. The second-order valence-corrected chi connectivity index (χ2v) is 6.74. The summed E-state index contributed by atoms with van der Waals surface area (Å²) >= 11 is 0. The maximum absolute atomic E-state index is 3.56. The average molecular weight is 288 g/mol. The Morgan fingerprint density at radius 2 is 1.95 bits per heavy atom. The van der Waals surface area contributed by atoms with E-state index in [1.165, 1.54) is 37.7 Å². The van der Waals surface area contributed by atoms with Gasteiger partial charge in [0, 0.05) is 18.1 Å². The molecule has 1 aromatic rings. The summed E-state index contributed by atoms with van der Waals surface area (Å²) in [5.41, 5.74) is 1.41. The third-order valence-corrected chi connectivity index (χ3v) is 5.28. The summed E-state index contributed by atoms with van der Waals surface area (Å²) in [4.78, 5) is 2.66. The van der Waals surface area contributed by atoms with Crippen LogP contribution in [0.5, 0.6) is 0 Å². The molecule has 1 saturated carbocycles. The molecule has 0 amide bonds. The van der Waals surface area contributed by atoms with E-state index in [0.29, 0.717) is 12.1 Å². The maximum atomic E-state index is 3.56. The quantitative estimate of drug-likeness (QED) is 0.842. The molecule has 21 heavy (non-hydrogen) atoms. The van der Waals surface area contributed by atoms with Crippen molar-refractivity contribution >= 4 is 0 Å². The SMILES string of the molecule is CCC(C(NC)c1ccccc1)N(C)C1CCCC(C)C1. The van der Waals surface area contributed by atoms with Gasteiger partial charge >= 0.3 is 0 Å². The summed E-state index contributed by atoms with van der Waals surface area (Å²) in [7, 11) is 4.43. The Bertz CT molecular complexity index is 403. The van der Waals surface area contributed by atoms with Gasteiger partial charge in [-0.2, -0.15) is 0 Å². The second-order valence-electron chi connectivity index (χ2n) is 6.74. The molecule has 0 bridgehead atoms. The molecule has 4 unspecified atom stereocenters. The molecule has 1 aromatic carbocycles. The molecule has 0 heterocycles. The molecule has 0 saturated heterocycles. The Hall–Kier alpha value is -0.860. The fourth-order valence-corrected chi connectivity index (χ4v) is 4.04. The van der Waals surface area contributed by atoms with Crippen LogP contribution in [-0.4, -0.2) is 31.1 Å². The van der Waals surface area contributed by atoms with Gasteiger partial charge in [-0.1, -0.05) is 57.0 Å². The highest BCUT2D eigenvalue weighted by atomic mass is 15.2. The van der Waals surface area contributed by atoms with E-state index in [1.807, 2.05) is 0 Å². The highest BCUT2D eigenvalue weighted by Gasteiger charge is 2.30. The minimum absolute atomic E-state index is 0.415. The zero-order valence-corrected chi connectivity index (χ0v) is 14.2. The molecular weight excluding hydrogens is 256 g/mol. The first kappa shape index (κ1) is 16.5. The Morgan fingerprint density at radius 1 is 1.24 bits per heavy atom. The monoisotopic (exact) mass is 288 g/mol. The lowest BCUT2D eigenvalue weighted by Crippen LogP contribution is -2.47. The summed E-state index contributed by atoms with van der Waals surface area (Å²) in [5.74, 6) is 0.883. The molecule has 1 fully saturated rings. The minimum Gasteiger partial charge on any atom is -0.312 e. The van der Waals surface area contributed by atoms with Crippen LogP contribution < -0.4 is 5.32 Å². The first-order valence-corrected chi connectivity index (χ1v) is 8.61. The molecule has 4 atom stereocenters. The Morgan fingerprint density at radius 3 is 2.52 bits per heavy atom. The van der Waals surface area contributed by atoms with E-state index in [-0.39, 0.29) is 0 Å². The van der Waals surface area contributed by atoms with Gasteiger partial charge in [0.25, 0.3) is 0 Å². The summed E-state index contributed by atoms with van der Waals surface area (Å²) < 4.78 is 0. The van der Waals surface area contributed by atoms with Crippen molar-refractivity contribution < 1.29 is 0 Å². The van der Waals surface area contributed by atoms with Crippen molar-refractivity contribution in [2.45, 2.75) is 64.1 Å². The molecule has 1 aliphatic carbocycles. The summed E-state index contributed by atoms with van der Waals surface area (Å²) in [6.45, 7) is 4.73. The molecule has 1 aliphatic rings. The predicted molar refractivity (Wildman–Crippen MR) is 91.5 cm³/mol. The highest BCUT2D eigenvalue weighted by molar-refractivity contribution is 5.20. The smallest absolute Gasteiger partial charge is 0.0475 e. The van der Waals surface area contributed by atoms with Crippen LogP contribution in [0.2, 0.25) is 0 Å². The highest BCUT2D eigenvalue weighted by Crippen LogP contribution is 2.31. The number of hydrogen-bond donors (Lipinski definition) is 1. The molecule has 2 nitrogen and oxygen atoms in total. The van der Waals surface area contributed by atoms with Gasteiger partial charge in [-0.3, -0.25) is 4.90 Å². The lowest BCUT2D eigenvalue weighted by Gasteiger charge is -2.42. The second kappa shape index (κ2) is 7.95. The van der Waals surface area contributed by atoms with Crippen LogP contribution in [0.3, 0.4) is 0 Å². The molecule has 2 rings (SSSR count). The zero-order valence-electron chi connectivity index (χ0n) is 14.2. The Labute approximate surface area is 130 Å².